The Kier molecular flexibility index (Phi) is 6.00. The third-order valence-electron chi connectivity index (χ3n) is 4.78. The molecule has 7 heteroatoms. The normalized spacial score (nSPS) is 16.5. The summed E-state index contributed by atoms with van der Waals surface area (Å²) >= 11 is 1.26. The number of carbonyl (C=O) groups excluding carboxylic acids is 1. The Balaban J connectivity index is 1.71. The number of nitrogens with zero attached hydrogens (tertiary/aromatic N) is 2. The van der Waals surface area contributed by atoms with Crippen LogP contribution in [0.15, 0.2) is 35.4 Å². The van der Waals surface area contributed by atoms with Crippen LogP contribution < -0.4 is 5.32 Å². The van der Waals surface area contributed by atoms with Crippen LogP contribution in [-0.2, 0) is 17.6 Å². The molecule has 1 aromatic carbocycles. The number of carboxylic acid groups (broad SMARTS) is 1. The van der Waals surface area contributed by atoms with E-state index in [1.807, 2.05) is 6.07 Å². The number of pyridine rings is 1. The summed E-state index contributed by atoms with van der Waals surface area (Å²) in [6.07, 6.45) is 2.91. The number of aromatic carboxylic acids is 1. The predicted octanol–water partition coefficient (Wildman–Crippen LogP) is 3.90. The molecule has 2 N–H and O–H groups in total. The lowest BCUT2D eigenvalue weighted by molar-refractivity contribution is -0.115. The van der Waals surface area contributed by atoms with Crippen molar-refractivity contribution >= 4 is 29.3 Å². The van der Waals surface area contributed by atoms with E-state index in [2.05, 4.69) is 23.3 Å². The zero-order chi connectivity index (χ0) is 20.3. The number of carbonyl (C=O) groups is 2. The maximum atomic E-state index is 12.5. The van der Waals surface area contributed by atoms with Crippen LogP contribution >= 0.6 is 11.8 Å². The van der Waals surface area contributed by atoms with Crippen LogP contribution in [0.25, 0.3) is 0 Å². The minimum atomic E-state index is -1.02. The van der Waals surface area contributed by atoms with Gasteiger partial charge in [-0.3, -0.25) is 4.79 Å². The first-order valence-electron chi connectivity index (χ1n) is 9.11. The Morgan fingerprint density at radius 2 is 2.07 bits per heavy atom. The summed E-state index contributed by atoms with van der Waals surface area (Å²) in [5, 5.41) is 21.3. The van der Waals surface area contributed by atoms with Gasteiger partial charge in [0.25, 0.3) is 0 Å². The predicted molar refractivity (Wildman–Crippen MR) is 107 cm³/mol. The van der Waals surface area contributed by atoms with Crippen LogP contribution in [0.5, 0.6) is 0 Å². The van der Waals surface area contributed by atoms with Crippen LogP contribution in [-0.4, -0.2) is 27.2 Å². The van der Waals surface area contributed by atoms with E-state index in [4.69, 9.17) is 5.11 Å². The molecule has 0 fully saturated rings. The zero-order valence-corrected chi connectivity index (χ0v) is 16.5. The molecule has 0 saturated carbocycles. The molecule has 2 atom stereocenters. The van der Waals surface area contributed by atoms with Gasteiger partial charge in [-0.1, -0.05) is 18.7 Å². The smallest absolute Gasteiger partial charge is 0.335 e. The average Bonchev–Trinajstić information content (AvgIpc) is 2.67. The van der Waals surface area contributed by atoms with Crippen molar-refractivity contribution in [1.29, 1.82) is 5.26 Å². The summed E-state index contributed by atoms with van der Waals surface area (Å²) < 4.78 is 0. The molecule has 1 heterocycles. The molecule has 2 aromatic rings. The number of hydrogen-bond acceptors (Lipinski definition) is 5. The van der Waals surface area contributed by atoms with Gasteiger partial charge in [0.2, 0.25) is 5.91 Å². The maximum absolute atomic E-state index is 12.5. The SMILES string of the molecule is CC1CCc2nc(SC(C)C(=O)Nc3ccc(C(=O)O)cc3)c(C#N)cc2C1. The third-order valence-corrected chi connectivity index (χ3v) is 5.88. The number of aryl methyl sites for hydroxylation is 1. The first-order valence-corrected chi connectivity index (χ1v) is 9.99. The maximum Gasteiger partial charge on any atom is 0.335 e. The highest BCUT2D eigenvalue weighted by Crippen LogP contribution is 2.31. The molecule has 0 spiro atoms. The highest BCUT2D eigenvalue weighted by molar-refractivity contribution is 8.00. The van der Waals surface area contributed by atoms with E-state index < -0.39 is 11.2 Å². The fraction of sp³-hybridized carbons (Fsp3) is 0.333. The molecule has 0 aliphatic heterocycles. The number of carboxylic acids is 1. The van der Waals surface area contributed by atoms with Crippen molar-refractivity contribution < 1.29 is 14.7 Å². The molecule has 0 radical (unpaired) electrons. The van der Waals surface area contributed by atoms with Crippen molar-refractivity contribution in [2.45, 2.75) is 43.4 Å². The van der Waals surface area contributed by atoms with Gasteiger partial charge < -0.3 is 10.4 Å². The van der Waals surface area contributed by atoms with Crippen LogP contribution in [0.1, 0.15) is 47.4 Å². The second-order valence-electron chi connectivity index (χ2n) is 7.04. The average molecular weight is 395 g/mol. The molecule has 2 unspecified atom stereocenters. The van der Waals surface area contributed by atoms with E-state index in [1.54, 1.807) is 19.1 Å². The van der Waals surface area contributed by atoms with E-state index >= 15 is 0 Å². The summed E-state index contributed by atoms with van der Waals surface area (Å²) in [5.41, 5.74) is 3.34. The largest absolute Gasteiger partial charge is 0.478 e. The topological polar surface area (TPSA) is 103 Å². The van der Waals surface area contributed by atoms with E-state index in [9.17, 15) is 14.9 Å². The minimum Gasteiger partial charge on any atom is -0.478 e. The quantitative estimate of drug-likeness (QED) is 0.745. The van der Waals surface area contributed by atoms with Gasteiger partial charge in [0.05, 0.1) is 16.4 Å². The number of fused-ring (bicyclic) bond motifs is 1. The second kappa shape index (κ2) is 8.44. The van der Waals surface area contributed by atoms with Gasteiger partial charge in [-0.25, -0.2) is 9.78 Å². The standard InChI is InChI=1S/C21H21N3O3S/c1-12-3-8-18-15(9-12)10-16(11-22)20(24-18)28-13(2)19(25)23-17-6-4-14(5-7-17)21(26)27/h4-7,10,12-13H,3,8-9H2,1-2H3,(H,23,25)(H,26,27). The Hall–Kier alpha value is -2.85. The number of anilines is 1. The number of hydrogen-bond donors (Lipinski definition) is 2. The lowest BCUT2D eigenvalue weighted by Crippen LogP contribution is -2.23. The molecule has 0 saturated heterocycles. The van der Waals surface area contributed by atoms with Gasteiger partial charge in [-0.05, 0) is 68.0 Å². The molecule has 28 heavy (non-hydrogen) atoms. The number of amides is 1. The minimum absolute atomic E-state index is 0.159. The summed E-state index contributed by atoms with van der Waals surface area (Å²) in [6, 6.07) is 10.1. The number of aromatic nitrogens is 1. The summed E-state index contributed by atoms with van der Waals surface area (Å²) in [4.78, 5) is 28.1. The molecule has 0 bridgehead atoms. The van der Waals surface area contributed by atoms with E-state index in [0.717, 1.165) is 30.5 Å². The molecule has 1 aliphatic rings. The molecule has 1 aromatic heterocycles. The molecule has 144 valence electrons. The monoisotopic (exact) mass is 395 g/mol. The van der Waals surface area contributed by atoms with Gasteiger partial charge in [0.1, 0.15) is 11.1 Å². The first kappa shape index (κ1) is 19.9. The molecule has 6 nitrogen and oxygen atoms in total. The van der Waals surface area contributed by atoms with Gasteiger partial charge in [-0.15, -0.1) is 0 Å². The Morgan fingerprint density at radius 1 is 1.36 bits per heavy atom. The molecular weight excluding hydrogens is 374 g/mol. The van der Waals surface area contributed by atoms with Gasteiger partial charge in [0, 0.05) is 11.4 Å². The lowest BCUT2D eigenvalue weighted by Gasteiger charge is -2.22. The molecule has 3 rings (SSSR count). The number of benzene rings is 1. The van der Waals surface area contributed by atoms with Gasteiger partial charge >= 0.3 is 5.97 Å². The fourth-order valence-electron chi connectivity index (χ4n) is 3.16. The number of nitrogens with one attached hydrogen (secondary N) is 1. The number of thioether (sulfide) groups is 1. The first-order chi connectivity index (χ1) is 13.4. The molecule has 1 aliphatic carbocycles. The lowest BCUT2D eigenvalue weighted by atomic mass is 9.87. The highest BCUT2D eigenvalue weighted by atomic mass is 32.2. The summed E-state index contributed by atoms with van der Waals surface area (Å²) in [6.45, 7) is 3.96. The highest BCUT2D eigenvalue weighted by Gasteiger charge is 2.22. The van der Waals surface area contributed by atoms with Crippen molar-refractivity contribution in [3.05, 3.63) is 52.7 Å². The Labute approximate surface area is 168 Å². The summed E-state index contributed by atoms with van der Waals surface area (Å²) in [7, 11) is 0. The van der Waals surface area contributed by atoms with Crippen LogP contribution in [0, 0.1) is 17.2 Å². The van der Waals surface area contributed by atoms with Gasteiger partial charge in [-0.2, -0.15) is 5.26 Å². The van der Waals surface area contributed by atoms with Crippen molar-refractivity contribution in [3.8, 4) is 6.07 Å². The van der Waals surface area contributed by atoms with Crippen molar-refractivity contribution in [2.75, 3.05) is 5.32 Å². The van der Waals surface area contributed by atoms with E-state index in [0.29, 0.717) is 22.2 Å². The number of nitriles is 1. The molecule has 1 amide bonds. The van der Waals surface area contributed by atoms with Crippen LogP contribution in [0.3, 0.4) is 0 Å². The van der Waals surface area contributed by atoms with Crippen molar-refractivity contribution in [3.63, 3.8) is 0 Å². The van der Waals surface area contributed by atoms with Crippen LogP contribution in [0.4, 0.5) is 5.69 Å². The number of rotatable bonds is 5. The fourth-order valence-corrected chi connectivity index (χ4v) is 4.05. The second-order valence-corrected chi connectivity index (χ2v) is 8.37. The van der Waals surface area contributed by atoms with Crippen LogP contribution in [0.2, 0.25) is 0 Å². The molecular formula is C21H21N3O3S. The Bertz CT molecular complexity index is 951. The third kappa shape index (κ3) is 4.52. The van der Waals surface area contributed by atoms with Gasteiger partial charge in [0.15, 0.2) is 0 Å². The van der Waals surface area contributed by atoms with Crippen molar-refractivity contribution in [2.24, 2.45) is 5.92 Å². The van der Waals surface area contributed by atoms with E-state index in [-0.39, 0.29) is 11.5 Å². The Morgan fingerprint density at radius 3 is 2.71 bits per heavy atom. The zero-order valence-electron chi connectivity index (χ0n) is 15.7. The summed E-state index contributed by atoms with van der Waals surface area (Å²) in [5.74, 6) is -0.652. The van der Waals surface area contributed by atoms with E-state index in [1.165, 1.54) is 23.9 Å². The van der Waals surface area contributed by atoms with Crippen molar-refractivity contribution in [1.82, 2.24) is 4.98 Å².